The first-order valence-electron chi connectivity index (χ1n) is 23.7. The number of ether oxygens (including phenoxy) is 1. The molecule has 0 atom stereocenters. The number of pyridine rings is 1. The molecule has 0 saturated heterocycles. The third-order valence-corrected chi connectivity index (χ3v) is 13.9. The summed E-state index contributed by atoms with van der Waals surface area (Å²) in [4.78, 5) is 4.72. The van der Waals surface area contributed by atoms with Gasteiger partial charge in [0.05, 0.1) is 16.7 Å². The van der Waals surface area contributed by atoms with Crippen LogP contribution < -0.4 is 9.30 Å². The van der Waals surface area contributed by atoms with Gasteiger partial charge in [-0.2, -0.15) is 18.2 Å². The Balaban J connectivity index is 0.00000492. The van der Waals surface area contributed by atoms with E-state index in [1.807, 2.05) is 42.6 Å². The van der Waals surface area contributed by atoms with Gasteiger partial charge in [-0.25, -0.2) is 4.98 Å². The molecule has 0 radical (unpaired) electrons. The Morgan fingerprint density at radius 1 is 0.479 bits per heavy atom. The smallest absolute Gasteiger partial charge is 0.268 e. The normalized spacial score (nSPS) is 12.1. The van der Waals surface area contributed by atoms with Crippen molar-refractivity contribution in [2.24, 2.45) is 0 Å². The van der Waals surface area contributed by atoms with E-state index in [0.29, 0.717) is 11.5 Å². The summed E-state index contributed by atoms with van der Waals surface area (Å²) in [5.74, 6) is 2.01. The molecule has 0 unspecified atom stereocenters. The van der Waals surface area contributed by atoms with Gasteiger partial charge in [0.15, 0.2) is 0 Å². The monoisotopic (exact) mass is 1090 g/mol. The standard InChI is InChI=1S/C65H40N4O.Pt/c1-3-18-43(19-4-1)57-38-46(63-55-29-11-9-26-51(55)52-27-10-12-30-56(52)63)39-58(44-20-5-2-6-21-44)64(57)68-42-67(60-36-33-45-22-7-8-25-50(45)65(60)68)47-23-17-24-48(40-47)70-49-34-35-54-53-28-13-14-31-59(53)69(61(54)41-49)62-32-15-16-37-66-62;/h1-39,63H;/q-2;. The number of benzene rings is 10. The fourth-order valence-electron chi connectivity index (χ4n) is 10.9. The van der Waals surface area contributed by atoms with Crippen LogP contribution in [-0.2, 0) is 21.1 Å². The van der Waals surface area contributed by atoms with Crippen LogP contribution >= 0.6 is 0 Å². The second-order valence-corrected chi connectivity index (χ2v) is 17.9. The van der Waals surface area contributed by atoms with Crippen molar-refractivity contribution in [3.05, 3.63) is 272 Å². The molecule has 0 spiro atoms. The zero-order chi connectivity index (χ0) is 46.1. The summed E-state index contributed by atoms with van der Waals surface area (Å²) >= 11 is 0. The summed E-state index contributed by atoms with van der Waals surface area (Å²) in [6.07, 6.45) is 5.76. The fourth-order valence-corrected chi connectivity index (χ4v) is 10.9. The number of nitrogens with zero attached hydrogens (tertiary/aromatic N) is 4. The number of para-hydroxylation sites is 1. The van der Waals surface area contributed by atoms with Crippen molar-refractivity contribution in [1.29, 1.82) is 0 Å². The van der Waals surface area contributed by atoms with Crippen LogP contribution in [0.5, 0.6) is 11.5 Å². The van der Waals surface area contributed by atoms with Crippen molar-refractivity contribution >= 4 is 43.6 Å². The van der Waals surface area contributed by atoms with Crippen molar-refractivity contribution < 1.29 is 30.4 Å². The van der Waals surface area contributed by atoms with Gasteiger partial charge in [-0.05, 0) is 90.1 Å². The Labute approximate surface area is 425 Å². The number of imidazole rings is 1. The first-order valence-corrected chi connectivity index (χ1v) is 23.7. The molecule has 338 valence electrons. The van der Waals surface area contributed by atoms with E-state index in [-0.39, 0.29) is 27.0 Å². The second-order valence-electron chi connectivity index (χ2n) is 17.9. The first kappa shape index (κ1) is 42.5. The maximum absolute atomic E-state index is 6.70. The minimum atomic E-state index is 0. The van der Waals surface area contributed by atoms with Crippen molar-refractivity contribution in [2.75, 3.05) is 0 Å². The number of rotatable bonds is 8. The molecule has 0 amide bonds. The van der Waals surface area contributed by atoms with E-state index in [2.05, 4.69) is 226 Å². The number of aromatic nitrogens is 4. The minimum absolute atomic E-state index is 0. The summed E-state index contributed by atoms with van der Waals surface area (Å²) in [6.45, 7) is 0. The van der Waals surface area contributed by atoms with Crippen LogP contribution in [0.2, 0.25) is 0 Å². The summed E-state index contributed by atoms with van der Waals surface area (Å²) in [7, 11) is 0. The first-order chi connectivity index (χ1) is 34.7. The molecule has 13 aromatic rings. The Morgan fingerprint density at radius 3 is 1.83 bits per heavy atom. The van der Waals surface area contributed by atoms with E-state index in [4.69, 9.17) is 9.72 Å². The van der Waals surface area contributed by atoms with E-state index in [9.17, 15) is 0 Å². The van der Waals surface area contributed by atoms with Gasteiger partial charge in [0.1, 0.15) is 5.82 Å². The molecule has 10 aromatic carbocycles. The number of fused-ring (bicyclic) bond motifs is 9. The molecule has 1 aliphatic rings. The number of hydrogen-bond donors (Lipinski definition) is 0. The molecule has 6 heteroatoms. The Bertz CT molecular complexity index is 4060. The molecule has 0 bridgehead atoms. The van der Waals surface area contributed by atoms with Crippen molar-refractivity contribution in [3.63, 3.8) is 0 Å². The van der Waals surface area contributed by atoms with Gasteiger partial charge in [0.25, 0.3) is 6.33 Å². The van der Waals surface area contributed by atoms with Gasteiger partial charge in [0.2, 0.25) is 0 Å². The summed E-state index contributed by atoms with van der Waals surface area (Å²) < 4.78 is 13.3. The maximum Gasteiger partial charge on any atom is 0.268 e. The Hall–Kier alpha value is -8.63. The van der Waals surface area contributed by atoms with Crippen LogP contribution in [0.1, 0.15) is 22.6 Å². The topological polar surface area (TPSA) is 35.9 Å². The van der Waals surface area contributed by atoms with Crippen molar-refractivity contribution in [3.8, 4) is 62.1 Å². The summed E-state index contributed by atoms with van der Waals surface area (Å²) in [6, 6.07) is 89.0. The number of hydrogen-bond acceptors (Lipinski definition) is 2. The van der Waals surface area contributed by atoms with Gasteiger partial charge >= 0.3 is 0 Å². The fraction of sp³-hybridized carbons (Fsp3) is 0.0154. The van der Waals surface area contributed by atoms with Crippen LogP contribution in [0.25, 0.3) is 94.2 Å². The molecule has 0 saturated carbocycles. The van der Waals surface area contributed by atoms with Crippen LogP contribution in [0.4, 0.5) is 0 Å². The predicted octanol–water partition coefficient (Wildman–Crippen LogP) is 15.2. The largest absolute Gasteiger partial charge is 0.510 e. The minimum Gasteiger partial charge on any atom is -0.510 e. The van der Waals surface area contributed by atoms with Crippen LogP contribution in [0.15, 0.2) is 237 Å². The van der Waals surface area contributed by atoms with Gasteiger partial charge in [-0.15, -0.1) is 29.7 Å². The molecule has 0 aliphatic heterocycles. The van der Waals surface area contributed by atoms with Crippen LogP contribution in [0, 0.1) is 18.5 Å². The van der Waals surface area contributed by atoms with Gasteiger partial charge in [-0.1, -0.05) is 188 Å². The summed E-state index contributed by atoms with van der Waals surface area (Å²) in [5, 5.41) is 4.47. The van der Waals surface area contributed by atoms with E-state index in [0.717, 1.165) is 83.1 Å². The molecule has 71 heavy (non-hydrogen) atoms. The van der Waals surface area contributed by atoms with Crippen LogP contribution in [-0.4, -0.2) is 14.1 Å². The zero-order valence-electron chi connectivity index (χ0n) is 38.1. The average molecular weight is 1090 g/mol. The Morgan fingerprint density at radius 2 is 1.11 bits per heavy atom. The average Bonchev–Trinajstić information content (AvgIpc) is 4.10. The molecule has 3 heterocycles. The van der Waals surface area contributed by atoms with E-state index >= 15 is 0 Å². The van der Waals surface area contributed by atoms with Gasteiger partial charge in [-0.3, -0.25) is 4.57 Å². The summed E-state index contributed by atoms with van der Waals surface area (Å²) in [5.41, 5.74) is 16.7. The zero-order valence-corrected chi connectivity index (χ0v) is 40.4. The molecule has 14 rings (SSSR count). The molecule has 0 fully saturated rings. The van der Waals surface area contributed by atoms with E-state index in [1.54, 1.807) is 0 Å². The molecular weight excluding hydrogens is 1050 g/mol. The molecule has 5 nitrogen and oxygen atoms in total. The van der Waals surface area contributed by atoms with E-state index in [1.165, 1.54) is 27.8 Å². The molecule has 3 aromatic heterocycles. The second kappa shape index (κ2) is 17.4. The van der Waals surface area contributed by atoms with Gasteiger partial charge < -0.3 is 13.9 Å². The van der Waals surface area contributed by atoms with Gasteiger partial charge in [0, 0.05) is 50.2 Å². The SMILES string of the molecule is [Pt].[c-]1c(Oc2[c-]c3c(cc2)c2ccccc2n3-c2ccccn2)cccc1-n1[c-][n+](-c2c(-c3ccccc3)cc(C3c4ccccc4-c4ccccc43)cc2-c2ccccc2)c2c3ccccc3ccc21. The maximum atomic E-state index is 6.70. The molecule has 1 aliphatic carbocycles. The van der Waals surface area contributed by atoms with Crippen molar-refractivity contribution in [1.82, 2.24) is 14.1 Å². The predicted molar refractivity (Wildman–Crippen MR) is 281 cm³/mol. The van der Waals surface area contributed by atoms with E-state index < -0.39 is 0 Å². The quantitative estimate of drug-likeness (QED) is 0.112. The van der Waals surface area contributed by atoms with Crippen LogP contribution in [0.3, 0.4) is 0 Å². The van der Waals surface area contributed by atoms with Crippen molar-refractivity contribution in [2.45, 2.75) is 5.92 Å². The third-order valence-electron chi connectivity index (χ3n) is 13.9. The Kier molecular flexibility index (Phi) is 10.4. The molecular formula is C65H40N4OPt-2. The third kappa shape index (κ3) is 7.03. The molecule has 0 N–H and O–H groups in total.